The maximum Gasteiger partial charge on any atom is 0.396 e. The van der Waals surface area contributed by atoms with E-state index in [1.54, 1.807) is 0 Å². The topological polar surface area (TPSA) is 52.6 Å². The molecule has 0 aliphatic heterocycles. The standard InChI is InChI=1S/C14H15O4P/c1-17-19(16,18-2)14(15)10-11-7-8-12-5-3-4-6-13(12)9-11/h3-9H,10H2,1-2H3. The van der Waals surface area contributed by atoms with E-state index < -0.39 is 13.1 Å². The molecule has 0 atom stereocenters. The normalized spacial score (nSPS) is 11.7. The number of carbonyl (C=O) groups is 1. The summed E-state index contributed by atoms with van der Waals surface area (Å²) in [5.41, 5.74) is 0.255. The first-order valence-corrected chi connectivity index (χ1v) is 7.36. The first kappa shape index (κ1) is 13.9. The Morgan fingerprint density at radius 2 is 1.68 bits per heavy atom. The lowest BCUT2D eigenvalue weighted by molar-refractivity contribution is -0.113. The van der Waals surface area contributed by atoms with Crippen LogP contribution in [0, 0.1) is 0 Å². The second kappa shape index (κ2) is 5.66. The Balaban J connectivity index is 2.26. The Morgan fingerprint density at radius 1 is 1.05 bits per heavy atom. The minimum absolute atomic E-state index is 0.0315. The van der Waals surface area contributed by atoms with Crippen LogP contribution in [0.1, 0.15) is 5.56 Å². The predicted molar refractivity (Wildman–Crippen MR) is 74.3 cm³/mol. The molecule has 0 aliphatic rings. The molecule has 100 valence electrons. The van der Waals surface area contributed by atoms with Gasteiger partial charge in [0.1, 0.15) is 0 Å². The maximum atomic E-state index is 11.9. The first-order valence-electron chi connectivity index (χ1n) is 5.81. The fourth-order valence-corrected chi connectivity index (χ4v) is 2.83. The second-order valence-electron chi connectivity index (χ2n) is 4.11. The van der Waals surface area contributed by atoms with Crippen molar-refractivity contribution >= 4 is 23.9 Å². The summed E-state index contributed by atoms with van der Waals surface area (Å²) in [6.07, 6.45) is 0.0315. The second-order valence-corrected chi connectivity index (χ2v) is 6.34. The van der Waals surface area contributed by atoms with Crippen LogP contribution < -0.4 is 0 Å². The van der Waals surface area contributed by atoms with Crippen molar-refractivity contribution in [2.45, 2.75) is 6.42 Å². The van der Waals surface area contributed by atoms with Crippen molar-refractivity contribution in [3.63, 3.8) is 0 Å². The molecule has 0 unspecified atom stereocenters. The molecule has 0 fully saturated rings. The molecule has 2 aromatic rings. The zero-order chi connectivity index (χ0) is 13.9. The van der Waals surface area contributed by atoms with Crippen LogP contribution >= 0.6 is 7.60 Å². The molecule has 4 nitrogen and oxygen atoms in total. The summed E-state index contributed by atoms with van der Waals surface area (Å²) in [4.78, 5) is 11.9. The Hall–Kier alpha value is -1.48. The molecule has 2 aromatic carbocycles. The van der Waals surface area contributed by atoms with Crippen LogP contribution in [0.25, 0.3) is 10.8 Å². The average Bonchev–Trinajstić information content (AvgIpc) is 2.46. The Bertz CT molecular complexity index is 643. The monoisotopic (exact) mass is 278 g/mol. The first-order chi connectivity index (χ1) is 9.09. The molecule has 0 aromatic heterocycles. The van der Waals surface area contributed by atoms with Gasteiger partial charge in [0.05, 0.1) is 0 Å². The van der Waals surface area contributed by atoms with Gasteiger partial charge in [0.2, 0.25) is 5.52 Å². The fourth-order valence-electron chi connectivity index (χ4n) is 1.90. The average molecular weight is 278 g/mol. The van der Waals surface area contributed by atoms with Gasteiger partial charge in [-0.15, -0.1) is 0 Å². The van der Waals surface area contributed by atoms with Gasteiger partial charge in [-0.2, -0.15) is 0 Å². The van der Waals surface area contributed by atoms with E-state index in [1.165, 1.54) is 14.2 Å². The molecule has 0 radical (unpaired) electrons. The quantitative estimate of drug-likeness (QED) is 0.787. The van der Waals surface area contributed by atoms with Crippen molar-refractivity contribution in [2.75, 3.05) is 14.2 Å². The van der Waals surface area contributed by atoms with Gasteiger partial charge in [-0.3, -0.25) is 9.36 Å². The molecule has 0 bridgehead atoms. The summed E-state index contributed by atoms with van der Waals surface area (Å²) in [6.45, 7) is 0. The van der Waals surface area contributed by atoms with Crippen molar-refractivity contribution in [3.8, 4) is 0 Å². The number of carbonyl (C=O) groups excluding carboxylic acids is 1. The van der Waals surface area contributed by atoms with Crippen LogP contribution in [0.3, 0.4) is 0 Å². The molecule has 0 aliphatic carbocycles. The molecule has 0 spiro atoms. The molecule has 0 saturated carbocycles. The summed E-state index contributed by atoms with van der Waals surface area (Å²) in [7, 11) is -1.22. The number of hydrogen-bond donors (Lipinski definition) is 0. The van der Waals surface area contributed by atoms with Crippen molar-refractivity contribution < 1.29 is 18.4 Å². The summed E-state index contributed by atoms with van der Waals surface area (Å²) in [5, 5.41) is 2.14. The summed E-state index contributed by atoms with van der Waals surface area (Å²) in [5.74, 6) is 0. The van der Waals surface area contributed by atoms with Crippen LogP contribution in [-0.2, 0) is 24.8 Å². The van der Waals surface area contributed by atoms with E-state index in [1.807, 2.05) is 42.5 Å². The zero-order valence-corrected chi connectivity index (χ0v) is 11.7. The van der Waals surface area contributed by atoms with Crippen molar-refractivity contribution in [1.29, 1.82) is 0 Å². The van der Waals surface area contributed by atoms with Crippen LogP contribution in [-0.4, -0.2) is 19.7 Å². The van der Waals surface area contributed by atoms with Gasteiger partial charge in [0.25, 0.3) is 0 Å². The van der Waals surface area contributed by atoms with E-state index in [0.29, 0.717) is 0 Å². The number of fused-ring (bicyclic) bond motifs is 1. The summed E-state index contributed by atoms with van der Waals surface area (Å²) < 4.78 is 21.3. The number of benzene rings is 2. The zero-order valence-electron chi connectivity index (χ0n) is 10.8. The van der Waals surface area contributed by atoms with E-state index in [9.17, 15) is 9.36 Å². The number of rotatable bonds is 5. The van der Waals surface area contributed by atoms with Gasteiger partial charge < -0.3 is 9.05 Å². The smallest absolute Gasteiger partial charge is 0.307 e. The Labute approximate surface area is 111 Å². The highest BCUT2D eigenvalue weighted by Gasteiger charge is 2.31. The van der Waals surface area contributed by atoms with E-state index in [4.69, 9.17) is 9.05 Å². The van der Waals surface area contributed by atoms with Crippen molar-refractivity contribution in [1.82, 2.24) is 0 Å². The van der Waals surface area contributed by atoms with Crippen molar-refractivity contribution in [2.24, 2.45) is 0 Å². The Morgan fingerprint density at radius 3 is 2.32 bits per heavy atom. The lowest BCUT2D eigenvalue weighted by atomic mass is 10.1. The molecule has 2 rings (SSSR count). The molecule has 0 heterocycles. The minimum atomic E-state index is -3.64. The maximum absolute atomic E-state index is 11.9. The third-order valence-electron chi connectivity index (χ3n) is 2.96. The van der Waals surface area contributed by atoms with E-state index in [-0.39, 0.29) is 6.42 Å². The van der Waals surface area contributed by atoms with Gasteiger partial charge in [0, 0.05) is 20.6 Å². The molecular formula is C14H15O4P. The van der Waals surface area contributed by atoms with Crippen molar-refractivity contribution in [3.05, 3.63) is 48.0 Å². The van der Waals surface area contributed by atoms with Gasteiger partial charge in [-0.1, -0.05) is 42.5 Å². The fraction of sp³-hybridized carbons (Fsp3) is 0.214. The molecule has 19 heavy (non-hydrogen) atoms. The van der Waals surface area contributed by atoms with E-state index in [0.717, 1.165) is 16.3 Å². The van der Waals surface area contributed by atoms with Gasteiger partial charge in [0.15, 0.2) is 0 Å². The summed E-state index contributed by atoms with van der Waals surface area (Å²) in [6, 6.07) is 13.5. The highest BCUT2D eigenvalue weighted by molar-refractivity contribution is 7.71. The third kappa shape index (κ3) is 2.92. The third-order valence-corrected chi connectivity index (χ3v) is 4.69. The molecule has 0 N–H and O–H groups in total. The van der Waals surface area contributed by atoms with Gasteiger partial charge >= 0.3 is 7.60 Å². The van der Waals surface area contributed by atoms with Crippen LogP contribution in [0.4, 0.5) is 0 Å². The van der Waals surface area contributed by atoms with Crippen LogP contribution in [0.5, 0.6) is 0 Å². The molecule has 5 heteroatoms. The van der Waals surface area contributed by atoms with Crippen LogP contribution in [0.15, 0.2) is 42.5 Å². The largest absolute Gasteiger partial charge is 0.396 e. The predicted octanol–water partition coefficient (Wildman–Crippen LogP) is 3.39. The van der Waals surface area contributed by atoms with E-state index in [2.05, 4.69) is 0 Å². The lowest BCUT2D eigenvalue weighted by Gasteiger charge is -2.12. The molecule has 0 saturated heterocycles. The highest BCUT2D eigenvalue weighted by atomic mass is 31.2. The highest BCUT2D eigenvalue weighted by Crippen LogP contribution is 2.48. The lowest BCUT2D eigenvalue weighted by Crippen LogP contribution is -2.06. The molecular weight excluding hydrogens is 263 g/mol. The molecule has 0 amide bonds. The Kier molecular flexibility index (Phi) is 4.15. The number of hydrogen-bond acceptors (Lipinski definition) is 4. The SMILES string of the molecule is COP(=O)(OC)C(=O)Cc1ccc2ccccc2c1. The minimum Gasteiger partial charge on any atom is -0.307 e. The van der Waals surface area contributed by atoms with Gasteiger partial charge in [-0.25, -0.2) is 0 Å². The van der Waals surface area contributed by atoms with Gasteiger partial charge in [-0.05, 0) is 16.3 Å². The van der Waals surface area contributed by atoms with E-state index >= 15 is 0 Å². The van der Waals surface area contributed by atoms with Crippen LogP contribution in [0.2, 0.25) is 0 Å². The summed E-state index contributed by atoms with van der Waals surface area (Å²) >= 11 is 0.